The van der Waals surface area contributed by atoms with Gasteiger partial charge < -0.3 is 10.0 Å². The van der Waals surface area contributed by atoms with Gasteiger partial charge in [0.05, 0.1) is 5.92 Å². The number of aryl methyl sites for hydroxylation is 1. The van der Waals surface area contributed by atoms with E-state index in [1.54, 1.807) is 13.0 Å². The van der Waals surface area contributed by atoms with E-state index in [1.807, 2.05) is 6.92 Å². The van der Waals surface area contributed by atoms with Crippen molar-refractivity contribution in [2.24, 2.45) is 5.92 Å². The highest BCUT2D eigenvalue weighted by molar-refractivity contribution is 5.97. The Morgan fingerprint density at radius 3 is 2.79 bits per heavy atom. The van der Waals surface area contributed by atoms with Gasteiger partial charge in [-0.25, -0.2) is 15.4 Å². The van der Waals surface area contributed by atoms with E-state index in [1.165, 1.54) is 16.6 Å². The fraction of sp³-hybridized carbons (Fsp3) is 0.611. The molecule has 1 aromatic heterocycles. The van der Waals surface area contributed by atoms with E-state index < -0.39 is 35.8 Å². The number of anilines is 1. The molecule has 0 spiro atoms. The second kappa shape index (κ2) is 10.1. The van der Waals surface area contributed by atoms with Crippen molar-refractivity contribution in [3.05, 3.63) is 18.0 Å². The van der Waals surface area contributed by atoms with Crippen LogP contribution in [0.5, 0.6) is 0 Å². The van der Waals surface area contributed by atoms with Crippen molar-refractivity contribution in [2.75, 3.05) is 11.9 Å². The Hall–Kier alpha value is -2.59. The monoisotopic (exact) mass is 393 g/mol. The lowest BCUT2D eigenvalue weighted by Crippen LogP contribution is -2.50. The van der Waals surface area contributed by atoms with Gasteiger partial charge in [0.15, 0.2) is 0 Å². The van der Waals surface area contributed by atoms with E-state index in [-0.39, 0.29) is 12.4 Å². The zero-order valence-electron chi connectivity index (χ0n) is 16.1. The van der Waals surface area contributed by atoms with Crippen LogP contribution < -0.4 is 10.8 Å². The van der Waals surface area contributed by atoms with Crippen LogP contribution >= 0.6 is 0 Å². The first-order chi connectivity index (χ1) is 13.4. The normalized spacial score (nSPS) is 18.4. The molecule has 3 atom stereocenters. The first-order valence-electron chi connectivity index (χ1n) is 9.42. The number of nitrogens with one attached hydrogen (secondary N) is 2. The molecule has 0 aliphatic carbocycles. The molecule has 10 heteroatoms. The molecule has 3 amide bonds. The van der Waals surface area contributed by atoms with E-state index in [2.05, 4.69) is 15.3 Å². The van der Waals surface area contributed by atoms with Crippen molar-refractivity contribution in [3.63, 3.8) is 0 Å². The first kappa shape index (κ1) is 21.7. The van der Waals surface area contributed by atoms with Gasteiger partial charge in [-0.05, 0) is 32.3 Å². The number of likely N-dealkylation sites (tertiary alicyclic amines) is 1. The van der Waals surface area contributed by atoms with Gasteiger partial charge in [-0.1, -0.05) is 19.8 Å². The van der Waals surface area contributed by atoms with Gasteiger partial charge in [-0.15, -0.1) is 0 Å². The van der Waals surface area contributed by atoms with Gasteiger partial charge in [0.1, 0.15) is 12.1 Å². The molecule has 0 radical (unpaired) electrons. The zero-order valence-corrected chi connectivity index (χ0v) is 16.1. The van der Waals surface area contributed by atoms with Gasteiger partial charge in [0, 0.05) is 18.4 Å². The van der Waals surface area contributed by atoms with Crippen molar-refractivity contribution >= 4 is 23.7 Å². The summed E-state index contributed by atoms with van der Waals surface area (Å²) in [7, 11) is 0. The third-order valence-electron chi connectivity index (χ3n) is 4.81. The quantitative estimate of drug-likeness (QED) is 0.369. The minimum absolute atomic E-state index is 0.159. The number of unbranched alkanes of at least 4 members (excludes halogenated alkanes) is 1. The zero-order chi connectivity index (χ0) is 20.7. The second-order valence-corrected chi connectivity index (χ2v) is 6.87. The number of carbonyl (C=O) groups excluding carboxylic acids is 3. The smallest absolute Gasteiger partial charge is 0.272 e. The third-order valence-corrected chi connectivity index (χ3v) is 4.81. The van der Waals surface area contributed by atoms with E-state index in [9.17, 15) is 19.5 Å². The molecule has 10 nitrogen and oxygen atoms in total. The summed E-state index contributed by atoms with van der Waals surface area (Å²) >= 11 is 0. The van der Waals surface area contributed by atoms with E-state index in [0.29, 0.717) is 31.5 Å². The van der Waals surface area contributed by atoms with Gasteiger partial charge in [-0.3, -0.25) is 24.9 Å². The molecule has 2 unspecified atom stereocenters. The SMILES string of the molecule is CCCCC(C(=O)N1CCC[C@H]1C(=O)Nc1nccc(C)n1)C(O)C(=O)NO. The Bertz CT molecular complexity index is 713. The molecule has 154 valence electrons. The van der Waals surface area contributed by atoms with Crippen LogP contribution in [0.3, 0.4) is 0 Å². The predicted octanol–water partition coefficient (Wildman–Crippen LogP) is 0.387. The maximum Gasteiger partial charge on any atom is 0.272 e. The number of nitrogens with zero attached hydrogens (tertiary/aromatic N) is 3. The standard InChI is InChI=1S/C18H27N5O5/c1-3-4-6-12(14(24)16(26)22-28)17(27)23-10-5-7-13(23)15(25)21-18-19-9-8-11(2)20-18/h8-9,12-14,24,28H,3-7,10H2,1-2H3,(H,22,26)(H,19,20,21,25)/t12?,13-,14?/m0/s1. The number of aliphatic hydroxyl groups is 1. The van der Waals surface area contributed by atoms with Gasteiger partial charge >= 0.3 is 0 Å². The molecule has 0 aromatic carbocycles. The maximum atomic E-state index is 13.0. The van der Waals surface area contributed by atoms with Crippen molar-refractivity contribution in [3.8, 4) is 0 Å². The summed E-state index contributed by atoms with van der Waals surface area (Å²) < 4.78 is 0. The van der Waals surface area contributed by atoms with E-state index >= 15 is 0 Å². The van der Waals surface area contributed by atoms with Crippen molar-refractivity contribution in [2.45, 2.75) is 58.1 Å². The predicted molar refractivity (Wildman–Crippen MR) is 99.1 cm³/mol. The molecule has 1 aromatic rings. The highest BCUT2D eigenvalue weighted by Gasteiger charge is 2.41. The van der Waals surface area contributed by atoms with Crippen molar-refractivity contribution in [1.82, 2.24) is 20.3 Å². The first-order valence-corrected chi connectivity index (χ1v) is 9.42. The van der Waals surface area contributed by atoms with Gasteiger partial charge in [0.25, 0.3) is 5.91 Å². The Balaban J connectivity index is 2.14. The topological polar surface area (TPSA) is 145 Å². The van der Waals surface area contributed by atoms with Gasteiger partial charge in [-0.2, -0.15) is 0 Å². The lowest BCUT2D eigenvalue weighted by Gasteiger charge is -2.29. The average molecular weight is 393 g/mol. The van der Waals surface area contributed by atoms with Crippen molar-refractivity contribution in [1.29, 1.82) is 0 Å². The summed E-state index contributed by atoms with van der Waals surface area (Å²) in [5.74, 6) is -2.80. The number of amides is 3. The van der Waals surface area contributed by atoms with Crippen molar-refractivity contribution < 1.29 is 24.7 Å². The number of rotatable bonds is 8. The van der Waals surface area contributed by atoms with Crippen LogP contribution in [0, 0.1) is 12.8 Å². The summed E-state index contributed by atoms with van der Waals surface area (Å²) in [6.07, 6.45) is 2.59. The summed E-state index contributed by atoms with van der Waals surface area (Å²) in [6.45, 7) is 4.05. The third kappa shape index (κ3) is 5.23. The number of hydrogen-bond donors (Lipinski definition) is 4. The van der Waals surface area contributed by atoms with Gasteiger partial charge in [0.2, 0.25) is 17.8 Å². The molecule has 1 aliphatic rings. The Morgan fingerprint density at radius 2 is 2.14 bits per heavy atom. The maximum absolute atomic E-state index is 13.0. The van der Waals surface area contributed by atoms with Crippen LogP contribution in [0.15, 0.2) is 12.3 Å². The lowest BCUT2D eigenvalue weighted by atomic mass is 9.93. The van der Waals surface area contributed by atoms with Crippen LogP contribution in [0.1, 0.15) is 44.7 Å². The van der Waals surface area contributed by atoms with Crippen LogP contribution in [-0.2, 0) is 14.4 Å². The van der Waals surface area contributed by atoms with E-state index in [0.717, 1.165) is 6.42 Å². The molecule has 1 saturated heterocycles. The summed E-state index contributed by atoms with van der Waals surface area (Å²) in [4.78, 5) is 46.9. The summed E-state index contributed by atoms with van der Waals surface area (Å²) in [6, 6.07) is 0.970. The highest BCUT2D eigenvalue weighted by Crippen LogP contribution is 2.25. The molecule has 2 heterocycles. The Labute approximate surface area is 163 Å². The molecule has 1 fully saturated rings. The number of carbonyl (C=O) groups is 3. The minimum Gasteiger partial charge on any atom is -0.382 e. The largest absolute Gasteiger partial charge is 0.382 e. The van der Waals surface area contributed by atoms with Crippen LogP contribution in [0.25, 0.3) is 0 Å². The highest BCUT2D eigenvalue weighted by atomic mass is 16.5. The second-order valence-electron chi connectivity index (χ2n) is 6.87. The molecule has 4 N–H and O–H groups in total. The van der Waals surface area contributed by atoms with E-state index in [4.69, 9.17) is 5.21 Å². The van der Waals surface area contributed by atoms with Crippen LogP contribution in [-0.4, -0.2) is 61.6 Å². The molecule has 0 saturated carbocycles. The summed E-state index contributed by atoms with van der Waals surface area (Å²) in [5, 5.41) is 21.6. The molecule has 28 heavy (non-hydrogen) atoms. The summed E-state index contributed by atoms with van der Waals surface area (Å²) in [5.41, 5.74) is 2.08. The lowest BCUT2D eigenvalue weighted by molar-refractivity contribution is -0.152. The number of aliphatic hydroxyl groups excluding tert-OH is 1. The number of hydrogen-bond acceptors (Lipinski definition) is 7. The average Bonchev–Trinajstić information content (AvgIpc) is 3.17. The molecular weight excluding hydrogens is 366 g/mol. The molecule has 0 bridgehead atoms. The Kier molecular flexibility index (Phi) is 7.82. The number of aromatic nitrogens is 2. The molecule has 2 rings (SSSR count). The fourth-order valence-corrected chi connectivity index (χ4v) is 3.31. The van der Waals surface area contributed by atoms with Crippen LogP contribution in [0.4, 0.5) is 5.95 Å². The van der Waals surface area contributed by atoms with Crippen LogP contribution in [0.2, 0.25) is 0 Å². The Morgan fingerprint density at radius 1 is 1.39 bits per heavy atom. The molecular formula is C18H27N5O5. The fourth-order valence-electron chi connectivity index (χ4n) is 3.31. The minimum atomic E-state index is -1.69. The number of hydroxylamine groups is 1. The molecule has 1 aliphatic heterocycles.